The van der Waals surface area contributed by atoms with Gasteiger partial charge in [-0.05, 0) is 34.9 Å². The fraction of sp³-hybridized carbons (Fsp3) is 0.0690. The fourth-order valence-corrected chi connectivity index (χ4v) is 4.02. The van der Waals surface area contributed by atoms with Gasteiger partial charge in [0, 0.05) is 18.0 Å². The minimum Gasteiger partial charge on any atom is -0.489 e. The van der Waals surface area contributed by atoms with Gasteiger partial charge in [0.05, 0.1) is 5.56 Å². The van der Waals surface area contributed by atoms with Crippen molar-refractivity contribution in [2.75, 3.05) is 7.05 Å². The molecule has 0 atom stereocenters. The average Bonchev–Trinajstić information content (AvgIpc) is 3.27. The number of hydrogen-bond acceptors (Lipinski definition) is 3. The first kappa shape index (κ1) is 20.6. The molecule has 5 rings (SSSR count). The highest BCUT2D eigenvalue weighted by Crippen LogP contribution is 2.36. The summed E-state index contributed by atoms with van der Waals surface area (Å²) in [5, 5.41) is 3.46. The molecule has 0 aliphatic heterocycles. The smallest absolute Gasteiger partial charge is 0.255 e. The van der Waals surface area contributed by atoms with E-state index in [0.29, 0.717) is 29.3 Å². The summed E-state index contributed by atoms with van der Waals surface area (Å²) in [5.41, 5.74) is 5.38. The number of rotatable bonds is 6. The summed E-state index contributed by atoms with van der Waals surface area (Å²) < 4.78 is 12.3. The molecule has 0 aliphatic carbocycles. The largest absolute Gasteiger partial charge is 0.489 e. The van der Waals surface area contributed by atoms with Gasteiger partial charge in [0.25, 0.3) is 5.91 Å². The summed E-state index contributed by atoms with van der Waals surface area (Å²) in [6, 6.07) is 33.7. The third kappa shape index (κ3) is 4.11. The maximum atomic E-state index is 12.8. The fourth-order valence-electron chi connectivity index (χ4n) is 4.02. The molecule has 1 aromatic heterocycles. The van der Waals surface area contributed by atoms with Crippen LogP contribution in [0.25, 0.3) is 33.4 Å². The summed E-state index contributed by atoms with van der Waals surface area (Å²) in [4.78, 5) is 12.8. The summed E-state index contributed by atoms with van der Waals surface area (Å²) in [5.74, 6) is 1.03. The average molecular weight is 434 g/mol. The van der Waals surface area contributed by atoms with E-state index in [-0.39, 0.29) is 5.91 Å². The molecule has 4 nitrogen and oxygen atoms in total. The van der Waals surface area contributed by atoms with Crippen molar-refractivity contribution in [1.29, 1.82) is 0 Å². The lowest BCUT2D eigenvalue weighted by Gasteiger charge is -2.11. The SMILES string of the molecule is CNC(=O)c1c(-c2ccccc2)oc2ccc(OCc3ccccc3-c3ccccc3)cc12. The molecule has 0 saturated heterocycles. The van der Waals surface area contributed by atoms with Gasteiger partial charge in [0.2, 0.25) is 0 Å². The number of carbonyl (C=O) groups excluding carboxylic acids is 1. The van der Waals surface area contributed by atoms with Gasteiger partial charge in [-0.3, -0.25) is 4.79 Å². The van der Waals surface area contributed by atoms with Gasteiger partial charge in [-0.1, -0.05) is 84.9 Å². The molecule has 1 heterocycles. The van der Waals surface area contributed by atoms with Crippen molar-refractivity contribution in [1.82, 2.24) is 5.32 Å². The Hall–Kier alpha value is -4.31. The van der Waals surface area contributed by atoms with Gasteiger partial charge in [0.15, 0.2) is 0 Å². The molecule has 0 unspecified atom stereocenters. The third-order valence-corrected chi connectivity index (χ3v) is 5.65. The first-order valence-electron chi connectivity index (χ1n) is 10.8. The molecule has 0 aliphatic rings. The van der Waals surface area contributed by atoms with Crippen molar-refractivity contribution in [3.8, 4) is 28.2 Å². The number of hydrogen-bond donors (Lipinski definition) is 1. The monoisotopic (exact) mass is 433 g/mol. The number of nitrogens with one attached hydrogen (secondary N) is 1. The van der Waals surface area contributed by atoms with E-state index in [9.17, 15) is 4.79 Å². The maximum Gasteiger partial charge on any atom is 0.255 e. The highest BCUT2D eigenvalue weighted by atomic mass is 16.5. The van der Waals surface area contributed by atoms with Crippen LogP contribution in [0.3, 0.4) is 0 Å². The zero-order valence-corrected chi connectivity index (χ0v) is 18.2. The molecule has 0 fully saturated rings. The lowest BCUT2D eigenvalue weighted by Crippen LogP contribution is -2.18. The Kier molecular flexibility index (Phi) is 5.64. The van der Waals surface area contributed by atoms with E-state index in [4.69, 9.17) is 9.15 Å². The standard InChI is InChI=1S/C29H23NO3/c1-30-29(31)27-25-18-23(16-17-26(25)33-28(27)21-12-6-3-7-13-21)32-19-22-14-8-9-15-24(22)20-10-4-2-5-11-20/h2-18H,19H2,1H3,(H,30,31). The van der Waals surface area contributed by atoms with E-state index in [0.717, 1.165) is 27.6 Å². The van der Waals surface area contributed by atoms with Gasteiger partial charge >= 0.3 is 0 Å². The summed E-state index contributed by atoms with van der Waals surface area (Å²) >= 11 is 0. The second kappa shape index (κ2) is 9.05. The Balaban J connectivity index is 1.49. The number of furan rings is 1. The van der Waals surface area contributed by atoms with E-state index in [2.05, 4.69) is 29.6 Å². The van der Waals surface area contributed by atoms with Crippen LogP contribution >= 0.6 is 0 Å². The molecule has 0 bridgehead atoms. The minimum absolute atomic E-state index is 0.195. The minimum atomic E-state index is -0.195. The number of benzene rings is 4. The molecule has 1 N–H and O–H groups in total. The normalized spacial score (nSPS) is 10.8. The van der Waals surface area contributed by atoms with E-state index in [1.54, 1.807) is 7.05 Å². The summed E-state index contributed by atoms with van der Waals surface area (Å²) in [6.45, 7) is 0.412. The van der Waals surface area contributed by atoms with Crippen molar-refractivity contribution < 1.29 is 13.9 Å². The predicted molar refractivity (Wildman–Crippen MR) is 131 cm³/mol. The Bertz CT molecular complexity index is 1410. The lowest BCUT2D eigenvalue weighted by atomic mass is 10.0. The molecular formula is C29H23NO3. The molecule has 0 radical (unpaired) electrons. The number of carbonyl (C=O) groups is 1. The first-order valence-corrected chi connectivity index (χ1v) is 10.8. The number of amides is 1. The second-order valence-corrected chi connectivity index (χ2v) is 7.72. The summed E-state index contributed by atoms with van der Waals surface area (Å²) in [7, 11) is 1.62. The third-order valence-electron chi connectivity index (χ3n) is 5.65. The Morgan fingerprint density at radius 2 is 1.48 bits per heavy atom. The molecule has 162 valence electrons. The topological polar surface area (TPSA) is 51.5 Å². The van der Waals surface area contributed by atoms with E-state index < -0.39 is 0 Å². The van der Waals surface area contributed by atoms with E-state index in [1.165, 1.54) is 0 Å². The van der Waals surface area contributed by atoms with Gasteiger partial charge in [0.1, 0.15) is 23.7 Å². The van der Waals surface area contributed by atoms with Gasteiger partial charge in [-0.15, -0.1) is 0 Å². The number of fused-ring (bicyclic) bond motifs is 1. The van der Waals surface area contributed by atoms with Crippen LogP contribution in [0, 0.1) is 0 Å². The quantitative estimate of drug-likeness (QED) is 0.324. The molecule has 4 aromatic carbocycles. The Morgan fingerprint density at radius 1 is 0.818 bits per heavy atom. The Morgan fingerprint density at radius 3 is 2.21 bits per heavy atom. The predicted octanol–water partition coefficient (Wildman–Crippen LogP) is 6.71. The van der Waals surface area contributed by atoms with Crippen LogP contribution in [-0.2, 0) is 6.61 Å². The maximum absolute atomic E-state index is 12.8. The van der Waals surface area contributed by atoms with Gasteiger partial charge in [-0.2, -0.15) is 0 Å². The van der Waals surface area contributed by atoms with Crippen LogP contribution in [0.15, 0.2) is 108 Å². The van der Waals surface area contributed by atoms with Crippen molar-refractivity contribution in [2.45, 2.75) is 6.61 Å². The second-order valence-electron chi connectivity index (χ2n) is 7.72. The lowest BCUT2D eigenvalue weighted by molar-refractivity contribution is 0.0964. The first-order chi connectivity index (χ1) is 16.2. The Labute approximate surface area is 192 Å². The van der Waals surface area contributed by atoms with Crippen LogP contribution in [0.1, 0.15) is 15.9 Å². The zero-order chi connectivity index (χ0) is 22.6. The van der Waals surface area contributed by atoms with Crippen molar-refractivity contribution >= 4 is 16.9 Å². The van der Waals surface area contributed by atoms with E-state index in [1.807, 2.05) is 78.9 Å². The van der Waals surface area contributed by atoms with Crippen LogP contribution in [0.4, 0.5) is 0 Å². The molecule has 33 heavy (non-hydrogen) atoms. The molecule has 1 amide bonds. The summed E-state index contributed by atoms with van der Waals surface area (Å²) in [6.07, 6.45) is 0. The van der Waals surface area contributed by atoms with Crippen LogP contribution in [-0.4, -0.2) is 13.0 Å². The van der Waals surface area contributed by atoms with Gasteiger partial charge < -0.3 is 14.5 Å². The molecule has 4 heteroatoms. The van der Waals surface area contributed by atoms with Crippen LogP contribution in [0.5, 0.6) is 5.75 Å². The van der Waals surface area contributed by atoms with E-state index >= 15 is 0 Å². The van der Waals surface area contributed by atoms with Crippen molar-refractivity contribution in [3.05, 3.63) is 114 Å². The molecule has 5 aromatic rings. The van der Waals surface area contributed by atoms with Crippen LogP contribution < -0.4 is 10.1 Å². The van der Waals surface area contributed by atoms with Gasteiger partial charge in [-0.25, -0.2) is 0 Å². The highest BCUT2D eigenvalue weighted by molar-refractivity contribution is 6.11. The molecule has 0 spiro atoms. The van der Waals surface area contributed by atoms with Crippen molar-refractivity contribution in [3.63, 3.8) is 0 Å². The molecule has 0 saturated carbocycles. The van der Waals surface area contributed by atoms with Crippen LogP contribution in [0.2, 0.25) is 0 Å². The van der Waals surface area contributed by atoms with Crippen molar-refractivity contribution in [2.24, 2.45) is 0 Å². The highest BCUT2D eigenvalue weighted by Gasteiger charge is 2.22. The molecular weight excluding hydrogens is 410 g/mol. The zero-order valence-electron chi connectivity index (χ0n) is 18.2. The number of ether oxygens (including phenoxy) is 1.